The normalized spacial score (nSPS) is 10.3. The summed E-state index contributed by atoms with van der Waals surface area (Å²) in [7, 11) is 0. The van der Waals surface area contributed by atoms with Gasteiger partial charge in [0, 0.05) is 10.0 Å². The van der Waals surface area contributed by atoms with Crippen molar-refractivity contribution in [3.05, 3.63) is 40.1 Å². The fourth-order valence-electron chi connectivity index (χ4n) is 1.63. The third-order valence-corrected chi connectivity index (χ3v) is 2.88. The van der Waals surface area contributed by atoms with Crippen LogP contribution >= 0.6 is 23.2 Å². The van der Waals surface area contributed by atoms with Crippen LogP contribution in [0, 0.1) is 0 Å². The van der Waals surface area contributed by atoms with E-state index in [0.717, 1.165) is 5.56 Å². The van der Waals surface area contributed by atoms with Gasteiger partial charge in [-0.15, -0.1) is 0 Å². The standard InChI is InChI=1S/C12H12Cl2N4O/c1-2-10-11(18-15)16-6-17-12(10)19-9-4-7(13)3-8(14)5-9/h3-6H,2,15H2,1H3,(H,16,17,18). The quantitative estimate of drug-likeness (QED) is 0.668. The first-order chi connectivity index (χ1) is 9.13. The summed E-state index contributed by atoms with van der Waals surface area (Å²) in [4.78, 5) is 8.12. The summed E-state index contributed by atoms with van der Waals surface area (Å²) >= 11 is 11.8. The van der Waals surface area contributed by atoms with E-state index < -0.39 is 0 Å². The van der Waals surface area contributed by atoms with E-state index in [1.165, 1.54) is 6.33 Å². The van der Waals surface area contributed by atoms with Crippen LogP contribution in [0.1, 0.15) is 12.5 Å². The monoisotopic (exact) mass is 298 g/mol. The molecule has 0 fully saturated rings. The Morgan fingerprint density at radius 1 is 1.21 bits per heavy atom. The van der Waals surface area contributed by atoms with Crippen molar-refractivity contribution in [1.82, 2.24) is 9.97 Å². The third kappa shape index (κ3) is 3.26. The topological polar surface area (TPSA) is 73.1 Å². The van der Waals surface area contributed by atoms with E-state index >= 15 is 0 Å². The molecule has 0 radical (unpaired) electrons. The van der Waals surface area contributed by atoms with Crippen molar-refractivity contribution < 1.29 is 4.74 Å². The minimum absolute atomic E-state index is 0.420. The number of hydrogen-bond donors (Lipinski definition) is 2. The highest BCUT2D eigenvalue weighted by Crippen LogP contribution is 2.30. The second-order valence-electron chi connectivity index (χ2n) is 3.71. The van der Waals surface area contributed by atoms with Gasteiger partial charge in [-0.25, -0.2) is 15.8 Å². The van der Waals surface area contributed by atoms with E-state index in [1.807, 2.05) is 6.92 Å². The number of aromatic nitrogens is 2. The molecule has 0 aliphatic carbocycles. The minimum atomic E-state index is 0.420. The molecule has 19 heavy (non-hydrogen) atoms. The number of nitrogens with two attached hydrogens (primary N) is 1. The lowest BCUT2D eigenvalue weighted by atomic mass is 10.2. The van der Waals surface area contributed by atoms with Crippen molar-refractivity contribution in [1.29, 1.82) is 0 Å². The molecule has 0 aliphatic heterocycles. The highest BCUT2D eigenvalue weighted by atomic mass is 35.5. The van der Waals surface area contributed by atoms with Gasteiger partial charge in [-0.2, -0.15) is 0 Å². The molecular weight excluding hydrogens is 287 g/mol. The summed E-state index contributed by atoms with van der Waals surface area (Å²) in [6.45, 7) is 1.96. The van der Waals surface area contributed by atoms with Crippen molar-refractivity contribution in [3.63, 3.8) is 0 Å². The molecule has 0 bridgehead atoms. The van der Waals surface area contributed by atoms with Gasteiger partial charge in [-0.1, -0.05) is 30.1 Å². The number of hydrogen-bond acceptors (Lipinski definition) is 5. The summed E-state index contributed by atoms with van der Waals surface area (Å²) in [5, 5.41) is 0.985. The SMILES string of the molecule is CCc1c(NN)ncnc1Oc1cc(Cl)cc(Cl)c1. The lowest BCUT2D eigenvalue weighted by Crippen LogP contribution is -2.12. The van der Waals surface area contributed by atoms with Gasteiger partial charge in [0.25, 0.3) is 0 Å². The van der Waals surface area contributed by atoms with Crippen molar-refractivity contribution in [2.24, 2.45) is 5.84 Å². The van der Waals surface area contributed by atoms with Gasteiger partial charge in [-0.3, -0.25) is 0 Å². The summed E-state index contributed by atoms with van der Waals surface area (Å²) in [6, 6.07) is 4.94. The first-order valence-electron chi connectivity index (χ1n) is 5.58. The number of nitrogens with one attached hydrogen (secondary N) is 1. The summed E-state index contributed by atoms with van der Waals surface area (Å²) in [6.07, 6.45) is 2.04. The summed E-state index contributed by atoms with van der Waals surface area (Å²) in [5.74, 6) is 6.86. The zero-order valence-corrected chi connectivity index (χ0v) is 11.7. The number of anilines is 1. The molecule has 1 heterocycles. The second kappa shape index (κ2) is 6.06. The molecule has 0 atom stereocenters. The molecule has 0 saturated carbocycles. The number of rotatable bonds is 4. The van der Waals surface area contributed by atoms with Crippen LogP contribution in [0.2, 0.25) is 10.0 Å². The molecule has 7 heteroatoms. The molecule has 0 unspecified atom stereocenters. The van der Waals surface area contributed by atoms with Crippen LogP contribution in [0.15, 0.2) is 24.5 Å². The highest BCUT2D eigenvalue weighted by molar-refractivity contribution is 6.34. The number of halogens is 2. The molecule has 0 aliphatic rings. The lowest BCUT2D eigenvalue weighted by molar-refractivity contribution is 0.455. The van der Waals surface area contributed by atoms with Gasteiger partial charge < -0.3 is 10.2 Å². The summed E-state index contributed by atoms with van der Waals surface area (Å²) in [5.41, 5.74) is 3.29. The van der Waals surface area contributed by atoms with Crippen molar-refractivity contribution in [3.8, 4) is 11.6 Å². The number of benzene rings is 1. The number of ether oxygens (including phenoxy) is 1. The molecule has 1 aromatic heterocycles. The van der Waals surface area contributed by atoms with E-state index in [9.17, 15) is 0 Å². The number of nitrogens with zero attached hydrogens (tertiary/aromatic N) is 2. The molecule has 5 nitrogen and oxygen atoms in total. The van der Waals surface area contributed by atoms with Gasteiger partial charge in [-0.05, 0) is 24.6 Å². The van der Waals surface area contributed by atoms with E-state index in [4.69, 9.17) is 33.8 Å². The molecule has 0 saturated heterocycles. The van der Waals surface area contributed by atoms with Crippen LogP contribution in [0.25, 0.3) is 0 Å². The van der Waals surface area contributed by atoms with Crippen LogP contribution in [0.3, 0.4) is 0 Å². The van der Waals surface area contributed by atoms with Crippen molar-refractivity contribution in [2.75, 3.05) is 5.43 Å². The Labute approximate surface area is 120 Å². The van der Waals surface area contributed by atoms with Crippen molar-refractivity contribution in [2.45, 2.75) is 13.3 Å². The number of hydrazine groups is 1. The largest absolute Gasteiger partial charge is 0.438 e. The zero-order valence-electron chi connectivity index (χ0n) is 10.2. The van der Waals surface area contributed by atoms with Crippen LogP contribution in [-0.4, -0.2) is 9.97 Å². The highest BCUT2D eigenvalue weighted by Gasteiger charge is 2.11. The Morgan fingerprint density at radius 3 is 2.47 bits per heavy atom. The second-order valence-corrected chi connectivity index (χ2v) is 4.58. The van der Waals surface area contributed by atoms with E-state index in [0.29, 0.717) is 33.9 Å². The van der Waals surface area contributed by atoms with Crippen molar-refractivity contribution >= 4 is 29.0 Å². The molecule has 0 spiro atoms. The third-order valence-electron chi connectivity index (χ3n) is 2.45. The zero-order chi connectivity index (χ0) is 13.8. The van der Waals surface area contributed by atoms with Gasteiger partial charge in [0.05, 0.1) is 5.56 Å². The predicted molar refractivity (Wildman–Crippen MR) is 75.8 cm³/mol. The molecular formula is C12H12Cl2N4O. The molecule has 1 aromatic carbocycles. The Balaban J connectivity index is 2.37. The van der Waals surface area contributed by atoms with Gasteiger partial charge in [0.1, 0.15) is 17.9 Å². The fourth-order valence-corrected chi connectivity index (χ4v) is 2.13. The molecule has 2 aromatic rings. The number of nitrogen functional groups attached to an aromatic ring is 1. The molecule has 0 amide bonds. The maximum Gasteiger partial charge on any atom is 0.227 e. The smallest absolute Gasteiger partial charge is 0.227 e. The van der Waals surface area contributed by atoms with Crippen LogP contribution < -0.4 is 16.0 Å². The first kappa shape index (κ1) is 13.9. The van der Waals surface area contributed by atoms with Crippen LogP contribution in [0.5, 0.6) is 11.6 Å². The van der Waals surface area contributed by atoms with E-state index in [-0.39, 0.29) is 0 Å². The Kier molecular flexibility index (Phi) is 4.42. The lowest BCUT2D eigenvalue weighted by Gasteiger charge is -2.12. The van der Waals surface area contributed by atoms with E-state index in [2.05, 4.69) is 15.4 Å². The molecule has 100 valence electrons. The average Bonchev–Trinajstić information content (AvgIpc) is 2.37. The fraction of sp³-hybridized carbons (Fsp3) is 0.167. The maximum atomic E-state index is 5.92. The average molecular weight is 299 g/mol. The Morgan fingerprint density at radius 2 is 1.89 bits per heavy atom. The Bertz CT molecular complexity index is 572. The molecule has 2 rings (SSSR count). The van der Waals surface area contributed by atoms with Crippen LogP contribution in [0.4, 0.5) is 5.82 Å². The van der Waals surface area contributed by atoms with Gasteiger partial charge >= 0.3 is 0 Å². The van der Waals surface area contributed by atoms with Gasteiger partial charge in [0.15, 0.2) is 0 Å². The molecule has 3 N–H and O–H groups in total. The Hall–Kier alpha value is -1.56. The maximum absolute atomic E-state index is 5.92. The first-order valence-corrected chi connectivity index (χ1v) is 6.34. The van der Waals surface area contributed by atoms with E-state index in [1.54, 1.807) is 18.2 Å². The van der Waals surface area contributed by atoms with Gasteiger partial charge in [0.2, 0.25) is 5.88 Å². The minimum Gasteiger partial charge on any atom is -0.438 e. The van der Waals surface area contributed by atoms with Crippen LogP contribution in [-0.2, 0) is 6.42 Å². The predicted octanol–water partition coefficient (Wildman–Crippen LogP) is 3.42. The summed E-state index contributed by atoms with van der Waals surface area (Å²) < 4.78 is 5.69.